The number of benzene rings is 3. The molecule has 0 aliphatic carbocycles. The molecule has 2 heterocycles. The van der Waals surface area contributed by atoms with Crippen LogP contribution in [0.5, 0.6) is 0 Å². The van der Waals surface area contributed by atoms with E-state index in [1.165, 1.54) is 11.3 Å². The highest BCUT2D eigenvalue weighted by molar-refractivity contribution is 7.11. The first-order chi connectivity index (χ1) is 14.8. The van der Waals surface area contributed by atoms with Crippen LogP contribution in [-0.2, 0) is 4.79 Å². The summed E-state index contributed by atoms with van der Waals surface area (Å²) in [5.41, 5.74) is 4.32. The third kappa shape index (κ3) is 3.60. The van der Waals surface area contributed by atoms with Crippen LogP contribution < -0.4 is 15.6 Å². The fourth-order valence-corrected chi connectivity index (χ4v) is 4.11. The van der Waals surface area contributed by atoms with E-state index in [-0.39, 0.29) is 5.91 Å². The number of hydrogen-bond acceptors (Lipinski definition) is 5. The van der Waals surface area contributed by atoms with Crippen LogP contribution in [0.25, 0.3) is 0 Å². The number of amidine groups is 1. The third-order valence-corrected chi connectivity index (χ3v) is 5.69. The van der Waals surface area contributed by atoms with Gasteiger partial charge in [0, 0.05) is 23.3 Å². The minimum atomic E-state index is -0.393. The molecule has 0 saturated heterocycles. The van der Waals surface area contributed by atoms with Gasteiger partial charge in [-0.05, 0) is 28.3 Å². The lowest BCUT2D eigenvalue weighted by Gasteiger charge is -2.18. The van der Waals surface area contributed by atoms with E-state index in [0.29, 0.717) is 0 Å². The van der Waals surface area contributed by atoms with Crippen LogP contribution in [0.1, 0.15) is 22.1 Å². The van der Waals surface area contributed by atoms with Crippen molar-refractivity contribution in [2.45, 2.75) is 5.92 Å². The Morgan fingerprint density at radius 1 is 0.967 bits per heavy atom. The summed E-state index contributed by atoms with van der Waals surface area (Å²) < 4.78 is 0. The van der Waals surface area contributed by atoms with Gasteiger partial charge in [0.15, 0.2) is 5.69 Å². The van der Waals surface area contributed by atoms with Crippen molar-refractivity contribution in [3.8, 4) is 0 Å². The average molecular weight is 411 g/mol. The highest BCUT2D eigenvalue weighted by atomic mass is 32.1. The van der Waals surface area contributed by atoms with Crippen molar-refractivity contribution in [1.29, 1.82) is 0 Å². The molecule has 1 aromatic heterocycles. The van der Waals surface area contributed by atoms with Gasteiger partial charge in [-0.2, -0.15) is 0 Å². The molecule has 1 aliphatic heterocycles. The topological polar surface area (TPSA) is 68.1 Å². The number of thiazole rings is 1. The van der Waals surface area contributed by atoms with Crippen LogP contribution in [0.2, 0.25) is 0 Å². The number of carbonyl (C=O) groups excluding carboxylic acids is 1. The van der Waals surface area contributed by atoms with E-state index in [0.717, 1.165) is 39.0 Å². The number of aliphatic imine (C=N–C) groups is 1. The first-order valence-electron chi connectivity index (χ1n) is 9.58. The number of rotatable bonds is 5. The van der Waals surface area contributed by atoms with Crippen LogP contribution in [0.3, 0.4) is 0 Å². The van der Waals surface area contributed by atoms with Crippen molar-refractivity contribution in [3.63, 3.8) is 0 Å². The number of fused-ring (bicyclic) bond motifs is 1. The van der Waals surface area contributed by atoms with Crippen molar-refractivity contribution in [3.05, 3.63) is 107 Å². The Labute approximate surface area is 178 Å². The fraction of sp³-hybridized carbons (Fsp3) is 0.0417. The molecule has 0 atom stereocenters. The maximum Gasteiger partial charge on any atom is 0.358 e. The molecular weight excluding hydrogens is 392 g/mol. The van der Waals surface area contributed by atoms with Crippen molar-refractivity contribution >= 4 is 40.1 Å². The van der Waals surface area contributed by atoms with E-state index in [1.807, 2.05) is 84.2 Å². The highest BCUT2D eigenvalue weighted by Crippen LogP contribution is 2.31. The average Bonchev–Trinajstić information content (AvgIpc) is 3.45. The first kappa shape index (κ1) is 18.3. The van der Waals surface area contributed by atoms with E-state index in [2.05, 4.69) is 20.6 Å². The highest BCUT2D eigenvalue weighted by Gasteiger charge is 2.29. The van der Waals surface area contributed by atoms with Gasteiger partial charge in [0.05, 0.1) is 5.92 Å². The molecule has 0 saturated carbocycles. The minimum absolute atomic E-state index is 0.0774. The molecule has 0 fully saturated rings. The zero-order valence-electron chi connectivity index (χ0n) is 15.9. The lowest BCUT2D eigenvalue weighted by atomic mass is 9.90. The summed E-state index contributed by atoms with van der Waals surface area (Å²) in [5, 5.41) is 9.12. The molecule has 1 amide bonds. The Bertz CT molecular complexity index is 1170. The number of anilines is 2. The standard InChI is InChI=1S/C24H18N4OS/c29-23(21(16-7-3-1-4-8-16)17-9-5-2-6-10-17)26-18-11-12-19-20(15-18)28-22(27-19)24-25-13-14-30-24/h1-15,21,28H,(H,26,29)/q+1. The van der Waals surface area contributed by atoms with Gasteiger partial charge >= 0.3 is 5.84 Å². The molecule has 4 aromatic rings. The summed E-state index contributed by atoms with van der Waals surface area (Å²) in [4.78, 5) is 22.2. The molecule has 145 valence electrons. The molecule has 2 N–H and O–H groups in total. The Balaban J connectivity index is 1.39. The molecule has 0 spiro atoms. The summed E-state index contributed by atoms with van der Waals surface area (Å²) in [5.74, 6) is 0.261. The maximum absolute atomic E-state index is 13.3. The van der Waals surface area contributed by atoms with Crippen LogP contribution in [-0.4, -0.2) is 16.7 Å². The van der Waals surface area contributed by atoms with Crippen molar-refractivity contribution in [1.82, 2.24) is 9.98 Å². The number of aromatic nitrogens is 1. The summed E-state index contributed by atoms with van der Waals surface area (Å²) in [6.07, 6.45) is 1.76. The molecule has 1 radical (unpaired) electrons. The Morgan fingerprint density at radius 3 is 2.30 bits per heavy atom. The Hall–Kier alpha value is -3.77. The minimum Gasteiger partial charge on any atom is -0.325 e. The molecular formula is C24H18N4OS+. The van der Waals surface area contributed by atoms with Gasteiger partial charge in [-0.3, -0.25) is 4.79 Å². The smallest absolute Gasteiger partial charge is 0.325 e. The summed E-state index contributed by atoms with van der Waals surface area (Å²) in [6.45, 7) is 0. The molecule has 1 aliphatic rings. The summed E-state index contributed by atoms with van der Waals surface area (Å²) in [7, 11) is 0. The van der Waals surface area contributed by atoms with Gasteiger partial charge in [0.2, 0.25) is 16.6 Å². The zero-order chi connectivity index (χ0) is 20.3. The van der Waals surface area contributed by atoms with Crippen molar-refractivity contribution < 1.29 is 4.79 Å². The van der Waals surface area contributed by atoms with Crippen LogP contribution in [0.4, 0.5) is 17.1 Å². The summed E-state index contributed by atoms with van der Waals surface area (Å²) >= 11 is 1.53. The zero-order valence-corrected chi connectivity index (χ0v) is 16.8. The van der Waals surface area contributed by atoms with Gasteiger partial charge in [-0.1, -0.05) is 60.7 Å². The second kappa shape index (κ2) is 7.93. The quantitative estimate of drug-likeness (QED) is 0.499. The van der Waals surface area contributed by atoms with Crippen molar-refractivity contribution in [2.24, 2.45) is 0 Å². The lowest BCUT2D eigenvalue weighted by molar-refractivity contribution is -0.116. The Kier molecular flexibility index (Phi) is 4.83. The van der Waals surface area contributed by atoms with E-state index in [1.54, 1.807) is 6.20 Å². The van der Waals surface area contributed by atoms with Gasteiger partial charge in [-0.15, -0.1) is 11.3 Å². The third-order valence-electron chi connectivity index (χ3n) is 4.91. The monoisotopic (exact) mass is 410 g/mol. The molecule has 0 bridgehead atoms. The fourth-order valence-electron chi connectivity index (χ4n) is 3.53. The van der Waals surface area contributed by atoms with Gasteiger partial charge < -0.3 is 5.32 Å². The first-order valence-corrected chi connectivity index (χ1v) is 10.5. The van der Waals surface area contributed by atoms with Gasteiger partial charge in [-0.25, -0.2) is 10.3 Å². The number of amides is 1. The van der Waals surface area contributed by atoms with E-state index in [4.69, 9.17) is 0 Å². The SMILES string of the molecule is O=C(Nc1ccc2c(c1)NC(c1nccs1)=[N+]2)C(c1ccccc1)c1ccccc1. The van der Waals surface area contributed by atoms with Crippen molar-refractivity contribution in [2.75, 3.05) is 10.6 Å². The molecule has 30 heavy (non-hydrogen) atoms. The van der Waals surface area contributed by atoms with Crippen LogP contribution in [0.15, 0.2) is 90.4 Å². The Morgan fingerprint density at radius 2 is 1.67 bits per heavy atom. The maximum atomic E-state index is 13.3. The largest absolute Gasteiger partial charge is 0.358 e. The predicted molar refractivity (Wildman–Crippen MR) is 121 cm³/mol. The summed E-state index contributed by atoms with van der Waals surface area (Å²) in [6, 6.07) is 25.3. The van der Waals surface area contributed by atoms with Gasteiger partial charge in [0.25, 0.3) is 0 Å². The second-order valence-electron chi connectivity index (χ2n) is 6.90. The van der Waals surface area contributed by atoms with E-state index in [9.17, 15) is 4.79 Å². The van der Waals surface area contributed by atoms with Crippen LogP contribution >= 0.6 is 11.3 Å². The van der Waals surface area contributed by atoms with Crippen LogP contribution in [0, 0.1) is 0 Å². The molecule has 0 unspecified atom stereocenters. The number of nitrogens with zero attached hydrogens (tertiary/aromatic N) is 2. The van der Waals surface area contributed by atoms with E-state index >= 15 is 0 Å². The molecule has 5 rings (SSSR count). The molecule has 6 heteroatoms. The number of carbonyl (C=O) groups is 1. The predicted octanol–water partition coefficient (Wildman–Crippen LogP) is 4.75. The second-order valence-corrected chi connectivity index (χ2v) is 7.79. The lowest BCUT2D eigenvalue weighted by Crippen LogP contribution is -2.22. The normalized spacial score (nSPS) is 12.2. The number of nitrogens with one attached hydrogen (secondary N) is 2. The molecule has 5 nitrogen and oxygen atoms in total. The molecule has 3 aromatic carbocycles. The van der Waals surface area contributed by atoms with Gasteiger partial charge in [0.1, 0.15) is 0 Å². The van der Waals surface area contributed by atoms with E-state index < -0.39 is 5.92 Å². The number of hydrogen-bond donors (Lipinski definition) is 2.